The summed E-state index contributed by atoms with van der Waals surface area (Å²) < 4.78 is 11.0. The summed E-state index contributed by atoms with van der Waals surface area (Å²) in [6.07, 6.45) is 8.80. The number of hydrogen-bond acceptors (Lipinski definition) is 4. The van der Waals surface area contributed by atoms with Crippen LogP contribution in [-0.4, -0.2) is 44.1 Å². The molecule has 4 aliphatic carbocycles. The summed E-state index contributed by atoms with van der Waals surface area (Å²) in [6.45, 7) is 3.40. The van der Waals surface area contributed by atoms with Crippen molar-refractivity contribution < 1.29 is 14.3 Å². The van der Waals surface area contributed by atoms with Crippen LogP contribution in [0.3, 0.4) is 0 Å². The van der Waals surface area contributed by atoms with Crippen molar-refractivity contribution in [2.75, 3.05) is 33.4 Å². The molecule has 0 amide bonds. The average molecular weight is 474 g/mol. The Bertz CT molecular complexity index is 1010. The maximum atomic E-state index is 14.1. The van der Waals surface area contributed by atoms with Crippen LogP contribution >= 0.6 is 0 Å². The molecule has 5 fully saturated rings. The highest BCUT2D eigenvalue weighted by atomic mass is 16.5. The number of nitrogens with zero attached hydrogens (tertiary/aromatic N) is 1. The van der Waals surface area contributed by atoms with Gasteiger partial charge in [-0.3, -0.25) is 9.69 Å². The smallest absolute Gasteiger partial charge is 0.139 e. The van der Waals surface area contributed by atoms with Gasteiger partial charge in [0, 0.05) is 31.0 Å². The molecule has 0 aromatic heterocycles. The molecule has 2 aromatic rings. The number of ketones is 1. The first kappa shape index (κ1) is 23.2. The van der Waals surface area contributed by atoms with Gasteiger partial charge in [0.2, 0.25) is 0 Å². The van der Waals surface area contributed by atoms with Crippen LogP contribution in [0, 0.1) is 17.3 Å². The van der Waals surface area contributed by atoms with Crippen LogP contribution < -0.4 is 4.74 Å². The first-order valence-corrected chi connectivity index (χ1v) is 13.6. The van der Waals surface area contributed by atoms with Gasteiger partial charge in [-0.15, -0.1) is 0 Å². The van der Waals surface area contributed by atoms with E-state index in [1.165, 1.54) is 30.4 Å². The lowest BCUT2D eigenvalue weighted by Gasteiger charge is -2.62. The van der Waals surface area contributed by atoms with E-state index in [9.17, 15) is 4.79 Å². The Morgan fingerprint density at radius 3 is 2.34 bits per heavy atom. The third kappa shape index (κ3) is 4.34. The standard InChI is InChI=1S/C31H39NO3/c1-34-27-9-7-25(8-10-27)28(32-13-15-35-16-14-32)11-12-29(33)31-20-23-17-24(21-31)19-30(18-23,22-31)26-5-3-2-4-6-26/h2-10,23-24,28H,11-22H2,1H3. The zero-order valence-corrected chi connectivity index (χ0v) is 21.1. The van der Waals surface area contributed by atoms with Crippen LogP contribution in [0.1, 0.15) is 68.5 Å². The summed E-state index contributed by atoms with van der Waals surface area (Å²) in [5.41, 5.74) is 2.89. The first-order chi connectivity index (χ1) is 17.1. The van der Waals surface area contributed by atoms with E-state index >= 15 is 0 Å². The molecule has 4 heteroatoms. The molecule has 1 heterocycles. The van der Waals surface area contributed by atoms with E-state index in [0.717, 1.165) is 69.6 Å². The van der Waals surface area contributed by atoms with Crippen LogP contribution in [-0.2, 0) is 14.9 Å². The first-order valence-electron chi connectivity index (χ1n) is 13.6. The second kappa shape index (κ2) is 9.37. The molecule has 186 valence electrons. The van der Waals surface area contributed by atoms with Gasteiger partial charge in [0.1, 0.15) is 11.5 Å². The van der Waals surface area contributed by atoms with Crippen molar-refractivity contribution in [3.63, 3.8) is 0 Å². The number of Topliss-reactive ketones (excluding diaryl/α,β-unsaturated/α-hetero) is 1. The fraction of sp³-hybridized carbons (Fsp3) is 0.581. The monoisotopic (exact) mass is 473 g/mol. The van der Waals surface area contributed by atoms with Gasteiger partial charge in [0.25, 0.3) is 0 Å². The van der Waals surface area contributed by atoms with E-state index in [4.69, 9.17) is 9.47 Å². The molecule has 0 radical (unpaired) electrons. The van der Waals surface area contributed by atoms with E-state index in [1.807, 2.05) is 12.1 Å². The molecule has 4 nitrogen and oxygen atoms in total. The minimum absolute atomic E-state index is 0.102. The van der Waals surface area contributed by atoms with Gasteiger partial charge in [0.15, 0.2) is 0 Å². The molecule has 3 atom stereocenters. The van der Waals surface area contributed by atoms with Crippen LogP contribution in [0.25, 0.3) is 0 Å². The Balaban J connectivity index is 1.22. The second-order valence-electron chi connectivity index (χ2n) is 11.8. The highest BCUT2D eigenvalue weighted by Gasteiger charge is 2.60. The summed E-state index contributed by atoms with van der Waals surface area (Å²) in [7, 11) is 1.71. The summed E-state index contributed by atoms with van der Waals surface area (Å²) in [6, 6.07) is 19.8. The van der Waals surface area contributed by atoms with E-state index in [2.05, 4.69) is 47.4 Å². The molecular formula is C31H39NO3. The van der Waals surface area contributed by atoms with Gasteiger partial charge in [0.05, 0.1) is 20.3 Å². The molecule has 5 aliphatic rings. The zero-order chi connectivity index (χ0) is 23.9. The van der Waals surface area contributed by atoms with Crippen LogP contribution in [0.15, 0.2) is 54.6 Å². The Morgan fingerprint density at radius 1 is 1.00 bits per heavy atom. The molecule has 4 saturated carbocycles. The highest BCUT2D eigenvalue weighted by Crippen LogP contribution is 2.66. The average Bonchev–Trinajstić information content (AvgIpc) is 2.89. The zero-order valence-electron chi connectivity index (χ0n) is 21.1. The lowest BCUT2D eigenvalue weighted by molar-refractivity contribution is -0.147. The fourth-order valence-electron chi connectivity index (χ4n) is 8.53. The third-order valence-electron chi connectivity index (χ3n) is 9.67. The van der Waals surface area contributed by atoms with E-state index in [-0.39, 0.29) is 16.9 Å². The molecule has 0 N–H and O–H groups in total. The molecule has 7 rings (SSSR count). The number of ether oxygens (including phenoxy) is 2. The summed E-state index contributed by atoms with van der Waals surface area (Å²) in [5, 5.41) is 0. The van der Waals surface area contributed by atoms with Crippen molar-refractivity contribution in [2.45, 2.75) is 62.8 Å². The molecular weight excluding hydrogens is 434 g/mol. The van der Waals surface area contributed by atoms with Crippen molar-refractivity contribution >= 4 is 5.78 Å². The highest BCUT2D eigenvalue weighted by molar-refractivity contribution is 5.85. The van der Waals surface area contributed by atoms with Crippen molar-refractivity contribution in [2.24, 2.45) is 17.3 Å². The number of hydrogen-bond donors (Lipinski definition) is 0. The Labute approximate surface area is 210 Å². The molecule has 4 bridgehead atoms. The van der Waals surface area contributed by atoms with Gasteiger partial charge in [-0.1, -0.05) is 42.5 Å². The topological polar surface area (TPSA) is 38.8 Å². The second-order valence-corrected chi connectivity index (χ2v) is 11.8. The quantitative estimate of drug-likeness (QED) is 0.474. The largest absolute Gasteiger partial charge is 0.497 e. The van der Waals surface area contributed by atoms with Crippen molar-refractivity contribution in [3.05, 3.63) is 65.7 Å². The number of morpholine rings is 1. The van der Waals surface area contributed by atoms with Crippen molar-refractivity contribution in [1.29, 1.82) is 0 Å². The van der Waals surface area contributed by atoms with E-state index < -0.39 is 0 Å². The molecule has 35 heavy (non-hydrogen) atoms. The Kier molecular flexibility index (Phi) is 6.22. The third-order valence-corrected chi connectivity index (χ3v) is 9.67. The van der Waals surface area contributed by atoms with E-state index in [0.29, 0.717) is 12.2 Å². The number of carbonyl (C=O) groups is 1. The van der Waals surface area contributed by atoms with Gasteiger partial charge >= 0.3 is 0 Å². The van der Waals surface area contributed by atoms with Crippen molar-refractivity contribution in [3.8, 4) is 5.75 Å². The van der Waals surface area contributed by atoms with Crippen LogP contribution in [0.5, 0.6) is 5.75 Å². The van der Waals surface area contributed by atoms with Crippen LogP contribution in [0.2, 0.25) is 0 Å². The minimum Gasteiger partial charge on any atom is -0.497 e. The number of carbonyl (C=O) groups excluding carboxylic acids is 1. The van der Waals surface area contributed by atoms with Gasteiger partial charge in [-0.2, -0.15) is 0 Å². The SMILES string of the molecule is COc1ccc(C(CCC(=O)C23CC4CC(C2)CC(c2ccccc2)(C4)C3)N2CCOCC2)cc1. The number of rotatable bonds is 8. The number of methoxy groups -OCH3 is 1. The Hall–Kier alpha value is -2.17. The maximum Gasteiger partial charge on any atom is 0.139 e. The molecule has 3 unspecified atom stereocenters. The fourth-order valence-corrected chi connectivity index (χ4v) is 8.53. The summed E-state index contributed by atoms with van der Waals surface area (Å²) in [5.74, 6) is 2.86. The van der Waals surface area contributed by atoms with E-state index in [1.54, 1.807) is 7.11 Å². The van der Waals surface area contributed by atoms with Gasteiger partial charge in [-0.25, -0.2) is 0 Å². The molecule has 1 aliphatic heterocycles. The lowest BCUT2D eigenvalue weighted by Crippen LogP contribution is -2.56. The predicted molar refractivity (Wildman–Crippen MR) is 138 cm³/mol. The van der Waals surface area contributed by atoms with Crippen LogP contribution in [0.4, 0.5) is 0 Å². The lowest BCUT2D eigenvalue weighted by atomic mass is 9.42. The minimum atomic E-state index is -0.102. The molecule has 2 aromatic carbocycles. The van der Waals surface area contributed by atoms with Gasteiger partial charge < -0.3 is 9.47 Å². The molecule has 1 saturated heterocycles. The number of benzene rings is 2. The van der Waals surface area contributed by atoms with Gasteiger partial charge in [-0.05, 0) is 85.5 Å². The maximum absolute atomic E-state index is 14.1. The summed E-state index contributed by atoms with van der Waals surface area (Å²) >= 11 is 0. The Morgan fingerprint density at radius 2 is 1.69 bits per heavy atom. The normalized spacial score (nSPS) is 32.9. The predicted octanol–water partition coefficient (Wildman–Crippen LogP) is 5.96. The summed E-state index contributed by atoms with van der Waals surface area (Å²) in [4.78, 5) is 16.6. The van der Waals surface area contributed by atoms with Crippen molar-refractivity contribution in [1.82, 2.24) is 4.90 Å². The molecule has 0 spiro atoms.